The summed E-state index contributed by atoms with van der Waals surface area (Å²) in [5.41, 5.74) is 2.97. The molecule has 4 nitrogen and oxygen atoms in total. The lowest BCUT2D eigenvalue weighted by atomic mass is 10.1. The van der Waals surface area contributed by atoms with Crippen LogP contribution in [0.15, 0.2) is 0 Å². The van der Waals surface area contributed by atoms with Gasteiger partial charge in [-0.2, -0.15) is 0 Å². The maximum Gasteiger partial charge on any atom is 0.318 e. The second-order valence-corrected chi connectivity index (χ2v) is 5.19. The standard InChI is InChI=1S/C15H32N2O2/c1-3-5-6-7-8-9-10-11-13-17(12-4-2)16-14-15(18)19/h16H,3-14H2,1-2H3,(H,18,19). The summed E-state index contributed by atoms with van der Waals surface area (Å²) in [4.78, 5) is 10.5. The molecule has 0 fully saturated rings. The summed E-state index contributed by atoms with van der Waals surface area (Å²) >= 11 is 0. The maximum absolute atomic E-state index is 10.5. The number of nitrogens with one attached hydrogen (secondary N) is 1. The number of rotatable bonds is 14. The minimum atomic E-state index is -0.794. The van der Waals surface area contributed by atoms with Crippen molar-refractivity contribution < 1.29 is 9.90 Å². The van der Waals surface area contributed by atoms with Crippen LogP contribution in [0.3, 0.4) is 0 Å². The molecule has 0 aliphatic carbocycles. The van der Waals surface area contributed by atoms with Crippen LogP contribution in [-0.4, -0.2) is 35.7 Å². The Labute approximate surface area is 118 Å². The number of carbonyl (C=O) groups is 1. The number of hydrogen-bond donors (Lipinski definition) is 2. The number of unbranched alkanes of at least 4 members (excludes halogenated alkanes) is 7. The van der Waals surface area contributed by atoms with Crippen LogP contribution in [-0.2, 0) is 4.79 Å². The van der Waals surface area contributed by atoms with E-state index in [1.165, 1.54) is 44.9 Å². The van der Waals surface area contributed by atoms with E-state index in [0.29, 0.717) is 0 Å². The Hall–Kier alpha value is -0.610. The maximum atomic E-state index is 10.5. The molecule has 0 aliphatic heterocycles. The average molecular weight is 272 g/mol. The fourth-order valence-corrected chi connectivity index (χ4v) is 2.16. The van der Waals surface area contributed by atoms with Crippen LogP contribution in [0.2, 0.25) is 0 Å². The van der Waals surface area contributed by atoms with E-state index in [-0.39, 0.29) is 6.54 Å². The zero-order valence-electron chi connectivity index (χ0n) is 12.8. The molecule has 2 N–H and O–H groups in total. The third-order valence-electron chi connectivity index (χ3n) is 3.23. The van der Waals surface area contributed by atoms with Gasteiger partial charge in [-0.3, -0.25) is 4.79 Å². The van der Waals surface area contributed by atoms with E-state index in [1.807, 2.05) is 5.01 Å². The topological polar surface area (TPSA) is 52.6 Å². The second-order valence-electron chi connectivity index (χ2n) is 5.19. The normalized spacial score (nSPS) is 11.1. The van der Waals surface area contributed by atoms with Gasteiger partial charge in [-0.25, -0.2) is 10.4 Å². The summed E-state index contributed by atoms with van der Waals surface area (Å²) in [5.74, 6) is -0.794. The summed E-state index contributed by atoms with van der Waals surface area (Å²) in [5, 5.41) is 10.7. The number of carboxylic acids is 1. The van der Waals surface area contributed by atoms with E-state index in [0.717, 1.165) is 25.9 Å². The molecule has 4 heteroatoms. The molecule has 0 saturated heterocycles. The Morgan fingerprint density at radius 3 is 2.00 bits per heavy atom. The molecular weight excluding hydrogens is 240 g/mol. The Morgan fingerprint density at radius 1 is 0.895 bits per heavy atom. The third-order valence-corrected chi connectivity index (χ3v) is 3.23. The highest BCUT2D eigenvalue weighted by atomic mass is 16.4. The van der Waals surface area contributed by atoms with Crippen LogP contribution in [0.4, 0.5) is 0 Å². The van der Waals surface area contributed by atoms with Gasteiger partial charge in [0.15, 0.2) is 0 Å². The first-order valence-electron chi connectivity index (χ1n) is 7.91. The number of hydrazine groups is 1. The number of carboxylic acid groups (broad SMARTS) is 1. The SMILES string of the molecule is CCCCCCCCCCN(CCC)NCC(=O)O. The molecule has 19 heavy (non-hydrogen) atoms. The quantitative estimate of drug-likeness (QED) is 0.376. The summed E-state index contributed by atoms with van der Waals surface area (Å²) in [7, 11) is 0. The van der Waals surface area contributed by atoms with Crippen LogP contribution in [0.5, 0.6) is 0 Å². The molecule has 0 amide bonds. The molecule has 0 heterocycles. The molecule has 0 unspecified atom stereocenters. The molecule has 0 aromatic heterocycles. The molecule has 0 atom stereocenters. The summed E-state index contributed by atoms with van der Waals surface area (Å²) in [6, 6.07) is 0. The van der Waals surface area contributed by atoms with Gasteiger partial charge in [0.05, 0.1) is 0 Å². The molecule has 0 aromatic carbocycles. The van der Waals surface area contributed by atoms with Gasteiger partial charge in [-0.1, -0.05) is 58.8 Å². The molecule has 0 saturated carbocycles. The largest absolute Gasteiger partial charge is 0.480 e. The van der Waals surface area contributed by atoms with E-state index in [4.69, 9.17) is 5.11 Å². The van der Waals surface area contributed by atoms with Crippen molar-refractivity contribution in [2.45, 2.75) is 71.6 Å². The van der Waals surface area contributed by atoms with E-state index in [1.54, 1.807) is 0 Å². The van der Waals surface area contributed by atoms with Crippen molar-refractivity contribution >= 4 is 5.97 Å². The molecule has 114 valence electrons. The summed E-state index contributed by atoms with van der Waals surface area (Å²) in [6.45, 7) is 6.26. The Morgan fingerprint density at radius 2 is 1.47 bits per heavy atom. The minimum Gasteiger partial charge on any atom is -0.480 e. The predicted octanol–water partition coefficient (Wildman–Crippen LogP) is 3.43. The Bertz CT molecular complexity index is 210. The van der Waals surface area contributed by atoms with Gasteiger partial charge < -0.3 is 5.11 Å². The van der Waals surface area contributed by atoms with Crippen LogP contribution >= 0.6 is 0 Å². The first-order valence-corrected chi connectivity index (χ1v) is 7.91. The average Bonchev–Trinajstić information content (AvgIpc) is 2.38. The lowest BCUT2D eigenvalue weighted by molar-refractivity contribution is -0.137. The highest BCUT2D eigenvalue weighted by Gasteiger charge is 2.04. The molecule has 0 bridgehead atoms. The third kappa shape index (κ3) is 13.6. The molecular formula is C15H32N2O2. The molecule has 0 rings (SSSR count). The van der Waals surface area contributed by atoms with Gasteiger partial charge in [0.25, 0.3) is 0 Å². The van der Waals surface area contributed by atoms with E-state index < -0.39 is 5.97 Å². The van der Waals surface area contributed by atoms with Crippen LogP contribution < -0.4 is 5.43 Å². The van der Waals surface area contributed by atoms with Gasteiger partial charge in [0.2, 0.25) is 0 Å². The number of aliphatic carboxylic acids is 1. The van der Waals surface area contributed by atoms with Crippen LogP contribution in [0.1, 0.15) is 71.6 Å². The Kier molecular flexibility index (Phi) is 13.4. The lowest BCUT2D eigenvalue weighted by Gasteiger charge is -2.21. The minimum absolute atomic E-state index is 0.0248. The van der Waals surface area contributed by atoms with Crippen molar-refractivity contribution in [3.8, 4) is 0 Å². The molecule has 0 radical (unpaired) electrons. The van der Waals surface area contributed by atoms with E-state index >= 15 is 0 Å². The van der Waals surface area contributed by atoms with Gasteiger partial charge >= 0.3 is 5.97 Å². The Balaban J connectivity index is 3.44. The van der Waals surface area contributed by atoms with Crippen molar-refractivity contribution in [1.29, 1.82) is 0 Å². The van der Waals surface area contributed by atoms with Crippen molar-refractivity contribution in [3.63, 3.8) is 0 Å². The molecule has 0 aromatic rings. The second kappa shape index (κ2) is 13.8. The lowest BCUT2D eigenvalue weighted by Crippen LogP contribution is -2.42. The summed E-state index contributed by atoms with van der Waals surface area (Å²) < 4.78 is 0. The zero-order chi connectivity index (χ0) is 14.3. The van der Waals surface area contributed by atoms with Crippen LogP contribution in [0.25, 0.3) is 0 Å². The van der Waals surface area contributed by atoms with Gasteiger partial charge in [0, 0.05) is 13.1 Å². The zero-order valence-corrected chi connectivity index (χ0v) is 12.8. The number of hydrogen-bond acceptors (Lipinski definition) is 3. The van der Waals surface area contributed by atoms with Gasteiger partial charge in [-0.15, -0.1) is 0 Å². The smallest absolute Gasteiger partial charge is 0.318 e. The predicted molar refractivity (Wildman–Crippen MR) is 80.1 cm³/mol. The van der Waals surface area contributed by atoms with Crippen molar-refractivity contribution in [2.24, 2.45) is 0 Å². The fourth-order valence-electron chi connectivity index (χ4n) is 2.16. The van der Waals surface area contributed by atoms with E-state index in [2.05, 4.69) is 19.3 Å². The first kappa shape index (κ1) is 18.4. The molecule has 0 spiro atoms. The van der Waals surface area contributed by atoms with Gasteiger partial charge in [-0.05, 0) is 12.8 Å². The molecule has 0 aliphatic rings. The van der Waals surface area contributed by atoms with Gasteiger partial charge in [0.1, 0.15) is 6.54 Å². The van der Waals surface area contributed by atoms with Crippen molar-refractivity contribution in [2.75, 3.05) is 19.6 Å². The number of nitrogens with zero attached hydrogens (tertiary/aromatic N) is 1. The van der Waals surface area contributed by atoms with Crippen molar-refractivity contribution in [1.82, 2.24) is 10.4 Å². The van der Waals surface area contributed by atoms with Crippen molar-refractivity contribution in [3.05, 3.63) is 0 Å². The highest BCUT2D eigenvalue weighted by Crippen LogP contribution is 2.08. The van der Waals surface area contributed by atoms with E-state index in [9.17, 15) is 4.79 Å². The monoisotopic (exact) mass is 272 g/mol. The van der Waals surface area contributed by atoms with Crippen LogP contribution in [0, 0.1) is 0 Å². The first-order chi connectivity index (χ1) is 9.20. The summed E-state index contributed by atoms with van der Waals surface area (Å²) in [6.07, 6.45) is 11.5. The fraction of sp³-hybridized carbons (Fsp3) is 0.933. The highest BCUT2D eigenvalue weighted by molar-refractivity contribution is 5.68.